The minimum absolute atomic E-state index is 0.00715. The van der Waals surface area contributed by atoms with E-state index < -0.39 is 29.5 Å². The largest absolute Gasteiger partial charge is 0.368 e. The number of allylic oxidation sites excluding steroid dienone is 1. The van der Waals surface area contributed by atoms with Gasteiger partial charge in [-0.25, -0.2) is 8.78 Å². The minimum Gasteiger partial charge on any atom is -0.368 e. The van der Waals surface area contributed by atoms with Crippen molar-refractivity contribution in [2.45, 2.75) is 51.7 Å². The van der Waals surface area contributed by atoms with Crippen molar-refractivity contribution in [2.75, 3.05) is 13.1 Å². The number of nitrogens with one attached hydrogen (secondary N) is 1. The molecular weight excluding hydrogens is 464 g/mol. The Kier molecular flexibility index (Phi) is 6.36. The second kappa shape index (κ2) is 9.48. The van der Waals surface area contributed by atoms with Gasteiger partial charge < -0.3 is 15.1 Å². The van der Waals surface area contributed by atoms with Crippen LogP contribution >= 0.6 is 0 Å². The Hall–Kier alpha value is -3.55. The van der Waals surface area contributed by atoms with Crippen LogP contribution in [0.2, 0.25) is 0 Å². The van der Waals surface area contributed by atoms with Crippen molar-refractivity contribution in [1.29, 1.82) is 0 Å². The zero-order valence-electron chi connectivity index (χ0n) is 20.4. The van der Waals surface area contributed by atoms with Crippen LogP contribution in [-0.4, -0.2) is 46.5 Å². The summed E-state index contributed by atoms with van der Waals surface area (Å²) in [6.07, 6.45) is 2.07. The fourth-order valence-electron chi connectivity index (χ4n) is 5.59. The molecule has 3 atom stereocenters. The smallest absolute Gasteiger partial charge is 0.254 e. The fourth-order valence-corrected chi connectivity index (χ4v) is 5.59. The standard InChI is InChI=1S/C28H29F2N3O3/c1-16-26(28(36)31-27(22-13-25(22)35)18-6-3-7-19(29)12-18)21-9-4-10-24(30)23(21)15-32(16)14-20-8-5-11-33(20)17(2)34/h3-4,6-7,9-10,12,20,22,27H,5,8,11,13-15H2,1-2H3,(H,31,36)/t20-,22?,27-/m1/s1. The summed E-state index contributed by atoms with van der Waals surface area (Å²) in [5.74, 6) is -1.67. The summed E-state index contributed by atoms with van der Waals surface area (Å²) in [6.45, 7) is 4.86. The molecule has 0 bridgehead atoms. The molecule has 36 heavy (non-hydrogen) atoms. The number of hydrogen-bond acceptors (Lipinski definition) is 4. The van der Waals surface area contributed by atoms with E-state index in [2.05, 4.69) is 5.32 Å². The summed E-state index contributed by atoms with van der Waals surface area (Å²) >= 11 is 0. The summed E-state index contributed by atoms with van der Waals surface area (Å²) in [5.41, 5.74) is 2.47. The lowest BCUT2D eigenvalue weighted by Crippen LogP contribution is -2.43. The molecule has 8 heteroatoms. The molecule has 188 valence electrons. The first-order valence-corrected chi connectivity index (χ1v) is 12.3. The van der Waals surface area contributed by atoms with Gasteiger partial charge >= 0.3 is 0 Å². The molecular formula is C28H29F2N3O3. The van der Waals surface area contributed by atoms with Crippen LogP contribution in [0.4, 0.5) is 8.78 Å². The quantitative estimate of drug-likeness (QED) is 0.661. The van der Waals surface area contributed by atoms with E-state index in [-0.39, 0.29) is 17.7 Å². The fraction of sp³-hybridized carbons (Fsp3) is 0.393. The van der Waals surface area contributed by atoms with Gasteiger partial charge in [0.05, 0.1) is 11.6 Å². The van der Waals surface area contributed by atoms with Crippen molar-refractivity contribution in [2.24, 2.45) is 5.92 Å². The highest BCUT2D eigenvalue weighted by Crippen LogP contribution is 2.39. The number of amides is 2. The van der Waals surface area contributed by atoms with Gasteiger partial charge in [0.2, 0.25) is 5.91 Å². The Labute approximate surface area is 209 Å². The Morgan fingerprint density at radius 1 is 1.17 bits per heavy atom. The van der Waals surface area contributed by atoms with Crippen LogP contribution in [0.3, 0.4) is 0 Å². The Morgan fingerprint density at radius 2 is 1.92 bits per heavy atom. The van der Waals surface area contributed by atoms with E-state index in [0.717, 1.165) is 12.8 Å². The Bertz CT molecular complexity index is 1270. The highest BCUT2D eigenvalue weighted by atomic mass is 19.1. The molecule has 2 fully saturated rings. The number of Topliss-reactive ketones (excluding diaryl/α,β-unsaturated/α-hetero) is 1. The predicted molar refractivity (Wildman–Crippen MR) is 130 cm³/mol. The molecule has 3 aliphatic rings. The van der Waals surface area contributed by atoms with Crippen molar-refractivity contribution >= 4 is 23.2 Å². The molecule has 2 aromatic rings. The van der Waals surface area contributed by atoms with Crippen LogP contribution in [-0.2, 0) is 20.9 Å². The average molecular weight is 494 g/mol. The second-order valence-electron chi connectivity index (χ2n) is 9.90. The SMILES string of the molecule is CC(=O)N1CCC[C@@H]1CN1Cc2c(F)cccc2C(C(=O)N[C@H](c2cccc(F)c2)C2CC2=O)=C1C. The Balaban J connectivity index is 1.49. The van der Waals surface area contributed by atoms with Gasteiger partial charge in [0, 0.05) is 56.2 Å². The number of benzene rings is 2. The number of halogens is 2. The van der Waals surface area contributed by atoms with E-state index >= 15 is 0 Å². The van der Waals surface area contributed by atoms with E-state index in [9.17, 15) is 23.2 Å². The molecule has 0 aromatic heterocycles. The van der Waals surface area contributed by atoms with Crippen molar-refractivity contribution in [3.63, 3.8) is 0 Å². The molecule has 1 aliphatic carbocycles. The Morgan fingerprint density at radius 3 is 2.61 bits per heavy atom. The predicted octanol–water partition coefficient (Wildman–Crippen LogP) is 3.97. The summed E-state index contributed by atoms with van der Waals surface area (Å²) in [4.78, 5) is 41.7. The monoisotopic (exact) mass is 493 g/mol. The average Bonchev–Trinajstić information content (AvgIpc) is 3.36. The maximum Gasteiger partial charge on any atom is 0.254 e. The highest BCUT2D eigenvalue weighted by molar-refractivity contribution is 6.21. The minimum atomic E-state index is -0.670. The number of carbonyl (C=O) groups excluding carboxylic acids is 3. The van der Waals surface area contributed by atoms with Crippen molar-refractivity contribution in [3.05, 3.63) is 76.5 Å². The van der Waals surface area contributed by atoms with Crippen molar-refractivity contribution < 1.29 is 23.2 Å². The van der Waals surface area contributed by atoms with Crippen molar-refractivity contribution in [3.8, 4) is 0 Å². The highest BCUT2D eigenvalue weighted by Gasteiger charge is 2.44. The van der Waals surface area contributed by atoms with Gasteiger partial charge in [0.15, 0.2) is 0 Å². The lowest BCUT2D eigenvalue weighted by atomic mass is 9.91. The maximum absolute atomic E-state index is 15.0. The van der Waals surface area contributed by atoms with Gasteiger partial charge in [-0.05, 0) is 49.1 Å². The van der Waals surface area contributed by atoms with E-state index in [1.54, 1.807) is 31.2 Å². The van der Waals surface area contributed by atoms with E-state index in [1.165, 1.54) is 18.2 Å². The van der Waals surface area contributed by atoms with Crippen LogP contribution in [0, 0.1) is 17.6 Å². The van der Waals surface area contributed by atoms with E-state index in [4.69, 9.17) is 0 Å². The van der Waals surface area contributed by atoms with Crippen LogP contribution in [0.1, 0.15) is 55.8 Å². The van der Waals surface area contributed by atoms with Crippen LogP contribution < -0.4 is 5.32 Å². The summed E-state index contributed by atoms with van der Waals surface area (Å²) in [6, 6.07) is 9.89. The number of carbonyl (C=O) groups is 3. The first-order valence-electron chi connectivity index (χ1n) is 12.3. The molecule has 2 heterocycles. The van der Waals surface area contributed by atoms with Gasteiger partial charge in [0.25, 0.3) is 5.91 Å². The van der Waals surface area contributed by atoms with Crippen molar-refractivity contribution in [1.82, 2.24) is 15.1 Å². The summed E-state index contributed by atoms with van der Waals surface area (Å²) in [5, 5.41) is 2.96. The molecule has 2 amide bonds. The van der Waals surface area contributed by atoms with Gasteiger partial charge in [0.1, 0.15) is 17.4 Å². The number of hydrogen-bond donors (Lipinski definition) is 1. The molecule has 6 nitrogen and oxygen atoms in total. The van der Waals surface area contributed by atoms with Crippen LogP contribution in [0.25, 0.3) is 5.57 Å². The first-order chi connectivity index (χ1) is 17.2. The topological polar surface area (TPSA) is 69.7 Å². The lowest BCUT2D eigenvalue weighted by molar-refractivity contribution is -0.130. The van der Waals surface area contributed by atoms with Gasteiger partial charge in [-0.15, -0.1) is 0 Å². The normalized spacial score (nSPS) is 21.9. The van der Waals surface area contributed by atoms with Crippen LogP contribution in [0.15, 0.2) is 48.2 Å². The van der Waals surface area contributed by atoms with Gasteiger partial charge in [-0.3, -0.25) is 14.4 Å². The third kappa shape index (κ3) is 4.52. The molecule has 1 saturated heterocycles. The number of likely N-dealkylation sites (tertiary alicyclic amines) is 1. The molecule has 1 saturated carbocycles. The van der Waals surface area contributed by atoms with Gasteiger partial charge in [-0.2, -0.15) is 0 Å². The molecule has 1 unspecified atom stereocenters. The molecule has 2 aromatic carbocycles. The zero-order valence-corrected chi connectivity index (χ0v) is 20.4. The molecule has 5 rings (SSSR count). The molecule has 0 radical (unpaired) electrons. The summed E-state index contributed by atoms with van der Waals surface area (Å²) in [7, 11) is 0. The van der Waals surface area contributed by atoms with E-state index in [1.807, 2.05) is 16.7 Å². The van der Waals surface area contributed by atoms with Gasteiger partial charge in [-0.1, -0.05) is 24.3 Å². The number of fused-ring (bicyclic) bond motifs is 1. The molecule has 0 spiro atoms. The zero-order chi connectivity index (χ0) is 25.6. The van der Waals surface area contributed by atoms with E-state index in [0.29, 0.717) is 54.0 Å². The number of rotatable bonds is 6. The molecule has 2 aliphatic heterocycles. The third-order valence-corrected chi connectivity index (χ3v) is 7.58. The third-order valence-electron chi connectivity index (χ3n) is 7.58. The molecule has 1 N–H and O–H groups in total. The maximum atomic E-state index is 15.0. The number of ketones is 1. The second-order valence-corrected chi connectivity index (χ2v) is 9.90. The van der Waals surface area contributed by atoms with Crippen LogP contribution in [0.5, 0.6) is 0 Å². The first kappa shape index (κ1) is 24.2. The lowest BCUT2D eigenvalue weighted by Gasteiger charge is -2.37. The number of nitrogens with zero attached hydrogens (tertiary/aromatic N) is 2. The summed E-state index contributed by atoms with van der Waals surface area (Å²) < 4.78 is 28.9.